The number of halogens is 3. The summed E-state index contributed by atoms with van der Waals surface area (Å²) in [6.45, 7) is 1.80. The second-order valence-electron chi connectivity index (χ2n) is 4.89. The van der Waals surface area contributed by atoms with E-state index in [1.165, 1.54) is 24.3 Å². The molecule has 1 N–H and O–H groups in total. The Morgan fingerprint density at radius 2 is 1.73 bits per heavy atom. The number of amides is 1. The topological polar surface area (TPSA) is 98.5 Å². The van der Waals surface area contributed by atoms with Crippen molar-refractivity contribution in [3.05, 3.63) is 69.0 Å². The summed E-state index contributed by atoms with van der Waals surface area (Å²) in [6.07, 6.45) is 0. The lowest BCUT2D eigenvalue weighted by Gasteiger charge is -2.08. The van der Waals surface area contributed by atoms with Crippen molar-refractivity contribution in [3.8, 4) is 0 Å². The first-order valence-electron chi connectivity index (χ1n) is 7.16. The highest BCUT2D eigenvalue weighted by molar-refractivity contribution is 6.05. The Labute approximate surface area is 144 Å². The van der Waals surface area contributed by atoms with E-state index in [2.05, 4.69) is 5.32 Å². The Balaban J connectivity index is 2.28. The van der Waals surface area contributed by atoms with Crippen LogP contribution in [0.15, 0.2) is 30.3 Å². The summed E-state index contributed by atoms with van der Waals surface area (Å²) in [5.74, 6) is -7.79. The minimum atomic E-state index is -2.12. The van der Waals surface area contributed by atoms with Crippen molar-refractivity contribution < 1.29 is 32.4 Å². The predicted octanol–water partition coefficient (Wildman–Crippen LogP) is 3.44. The Hall–Kier alpha value is -3.43. The molecule has 0 atom stereocenters. The average molecular weight is 368 g/mol. The van der Waals surface area contributed by atoms with Gasteiger partial charge in [0.25, 0.3) is 5.91 Å². The molecule has 0 bridgehead atoms. The lowest BCUT2D eigenvalue weighted by atomic mass is 10.1. The second kappa shape index (κ2) is 7.64. The number of carbonyl (C=O) groups is 2. The fourth-order valence-electron chi connectivity index (χ4n) is 1.99. The summed E-state index contributed by atoms with van der Waals surface area (Å²) in [4.78, 5) is 33.0. The fraction of sp³-hybridized carbons (Fsp3) is 0.125. The van der Waals surface area contributed by atoms with Crippen LogP contribution >= 0.6 is 0 Å². The third-order valence-electron chi connectivity index (χ3n) is 3.22. The molecule has 0 spiro atoms. The van der Waals surface area contributed by atoms with E-state index in [1.807, 2.05) is 0 Å². The van der Waals surface area contributed by atoms with Crippen LogP contribution in [-0.2, 0) is 4.74 Å². The van der Waals surface area contributed by atoms with Crippen molar-refractivity contribution in [1.82, 2.24) is 0 Å². The summed E-state index contributed by atoms with van der Waals surface area (Å²) < 4.78 is 45.3. The van der Waals surface area contributed by atoms with Crippen molar-refractivity contribution in [1.29, 1.82) is 0 Å². The molecule has 0 fully saturated rings. The van der Waals surface area contributed by atoms with E-state index in [0.717, 1.165) is 0 Å². The van der Waals surface area contributed by atoms with Crippen LogP contribution < -0.4 is 5.32 Å². The van der Waals surface area contributed by atoms with Crippen LogP contribution in [-0.4, -0.2) is 23.4 Å². The molecule has 2 aromatic rings. The maximum absolute atomic E-state index is 13.8. The van der Waals surface area contributed by atoms with Gasteiger partial charge < -0.3 is 10.1 Å². The number of nitrogens with one attached hydrogen (secondary N) is 1. The summed E-state index contributed by atoms with van der Waals surface area (Å²) in [5, 5.41) is 12.8. The number of hydrogen-bond donors (Lipinski definition) is 1. The molecule has 0 aliphatic rings. The first kappa shape index (κ1) is 18.9. The van der Waals surface area contributed by atoms with Crippen molar-refractivity contribution in [2.45, 2.75) is 6.92 Å². The number of nitro groups is 1. The van der Waals surface area contributed by atoms with E-state index >= 15 is 0 Å². The van der Waals surface area contributed by atoms with E-state index in [-0.39, 0.29) is 17.9 Å². The van der Waals surface area contributed by atoms with Crippen LogP contribution in [0.2, 0.25) is 0 Å². The maximum atomic E-state index is 13.8. The van der Waals surface area contributed by atoms with Crippen LogP contribution in [0.3, 0.4) is 0 Å². The molecule has 0 aromatic heterocycles. The molecular formula is C16H11F3N2O5. The standard InChI is InChI=1S/C16H11F3N2O5/c1-2-26-16(23)8-3-5-9(6-4-8)20-15(22)10-7-11(21(24)25)13(18)14(19)12(10)17/h3-7H,2H2,1H3,(H,20,22). The fourth-order valence-corrected chi connectivity index (χ4v) is 1.99. The molecule has 0 saturated carbocycles. The highest BCUT2D eigenvalue weighted by Gasteiger charge is 2.28. The van der Waals surface area contributed by atoms with Crippen LogP contribution in [0.5, 0.6) is 0 Å². The van der Waals surface area contributed by atoms with Gasteiger partial charge in [0.05, 0.1) is 22.7 Å². The number of rotatable bonds is 5. The van der Waals surface area contributed by atoms with Gasteiger partial charge in [0, 0.05) is 11.8 Å². The zero-order chi connectivity index (χ0) is 19.4. The Bertz CT molecular complexity index is 884. The predicted molar refractivity (Wildman–Crippen MR) is 83.3 cm³/mol. The second-order valence-corrected chi connectivity index (χ2v) is 4.89. The van der Waals surface area contributed by atoms with Gasteiger partial charge >= 0.3 is 11.7 Å². The zero-order valence-electron chi connectivity index (χ0n) is 13.2. The monoisotopic (exact) mass is 368 g/mol. The Morgan fingerprint density at radius 3 is 2.27 bits per heavy atom. The van der Waals surface area contributed by atoms with E-state index in [9.17, 15) is 32.9 Å². The number of hydrogen-bond acceptors (Lipinski definition) is 5. The third-order valence-corrected chi connectivity index (χ3v) is 3.22. The molecule has 26 heavy (non-hydrogen) atoms. The number of carbonyl (C=O) groups excluding carboxylic acids is 2. The van der Waals surface area contributed by atoms with E-state index in [0.29, 0.717) is 6.07 Å². The van der Waals surface area contributed by atoms with Gasteiger partial charge in [-0.25, -0.2) is 13.6 Å². The Kier molecular flexibility index (Phi) is 5.55. The number of ether oxygens (including phenoxy) is 1. The van der Waals surface area contributed by atoms with Gasteiger partial charge in [-0.2, -0.15) is 4.39 Å². The quantitative estimate of drug-likeness (QED) is 0.377. The average Bonchev–Trinajstić information content (AvgIpc) is 2.60. The van der Waals surface area contributed by atoms with Crippen molar-refractivity contribution in [2.24, 2.45) is 0 Å². The number of esters is 1. The van der Waals surface area contributed by atoms with Crippen molar-refractivity contribution >= 4 is 23.3 Å². The third kappa shape index (κ3) is 3.79. The molecule has 0 radical (unpaired) electrons. The Morgan fingerprint density at radius 1 is 1.12 bits per heavy atom. The molecule has 0 unspecified atom stereocenters. The van der Waals surface area contributed by atoms with E-state index in [4.69, 9.17) is 4.74 Å². The van der Waals surface area contributed by atoms with Gasteiger partial charge in [-0.05, 0) is 31.2 Å². The molecule has 136 valence electrons. The van der Waals surface area contributed by atoms with E-state index < -0.39 is 45.5 Å². The molecule has 2 rings (SSSR count). The maximum Gasteiger partial charge on any atom is 0.338 e. The molecule has 1 amide bonds. The summed E-state index contributed by atoms with van der Waals surface area (Å²) >= 11 is 0. The van der Waals surface area contributed by atoms with Crippen LogP contribution in [0.25, 0.3) is 0 Å². The minimum absolute atomic E-state index is 0.0924. The SMILES string of the molecule is CCOC(=O)c1ccc(NC(=O)c2cc([N+](=O)[O-])c(F)c(F)c2F)cc1. The van der Waals surface area contributed by atoms with Gasteiger partial charge in [0.1, 0.15) is 0 Å². The van der Waals surface area contributed by atoms with Gasteiger partial charge in [-0.3, -0.25) is 14.9 Å². The largest absolute Gasteiger partial charge is 0.462 e. The number of nitrogens with zero attached hydrogens (tertiary/aromatic N) is 1. The van der Waals surface area contributed by atoms with E-state index in [1.54, 1.807) is 6.92 Å². The molecule has 0 aliphatic carbocycles. The normalized spacial score (nSPS) is 10.3. The number of benzene rings is 2. The van der Waals surface area contributed by atoms with Gasteiger partial charge in [0.2, 0.25) is 11.6 Å². The molecule has 0 aliphatic heterocycles. The first-order chi connectivity index (χ1) is 12.3. The van der Waals surface area contributed by atoms with Gasteiger partial charge in [0.15, 0.2) is 5.82 Å². The van der Waals surface area contributed by atoms with Gasteiger partial charge in [-0.1, -0.05) is 0 Å². The lowest BCUT2D eigenvalue weighted by Crippen LogP contribution is -2.16. The molecular weight excluding hydrogens is 357 g/mol. The molecule has 0 saturated heterocycles. The van der Waals surface area contributed by atoms with Crippen LogP contribution in [0, 0.1) is 27.6 Å². The number of anilines is 1. The molecule has 2 aromatic carbocycles. The smallest absolute Gasteiger partial charge is 0.338 e. The molecule has 7 nitrogen and oxygen atoms in total. The van der Waals surface area contributed by atoms with Gasteiger partial charge in [-0.15, -0.1) is 0 Å². The minimum Gasteiger partial charge on any atom is -0.462 e. The zero-order valence-corrected chi connectivity index (χ0v) is 13.2. The van der Waals surface area contributed by atoms with Crippen LogP contribution in [0.1, 0.15) is 27.6 Å². The summed E-state index contributed by atoms with van der Waals surface area (Å²) in [7, 11) is 0. The van der Waals surface area contributed by atoms with Crippen molar-refractivity contribution in [3.63, 3.8) is 0 Å². The van der Waals surface area contributed by atoms with Crippen LogP contribution in [0.4, 0.5) is 24.5 Å². The van der Waals surface area contributed by atoms with Crippen molar-refractivity contribution in [2.75, 3.05) is 11.9 Å². The highest BCUT2D eigenvalue weighted by atomic mass is 19.2. The summed E-state index contributed by atoms with van der Waals surface area (Å²) in [6, 6.07) is 5.51. The molecule has 10 heteroatoms. The first-order valence-corrected chi connectivity index (χ1v) is 7.16. The number of nitro benzene ring substituents is 1. The summed E-state index contributed by atoms with van der Waals surface area (Å²) in [5.41, 5.74) is -2.12. The highest BCUT2D eigenvalue weighted by Crippen LogP contribution is 2.26. The molecule has 0 heterocycles. The lowest BCUT2D eigenvalue weighted by molar-refractivity contribution is -0.387.